The minimum Gasteiger partial charge on any atom is -0.352 e. The van der Waals surface area contributed by atoms with Gasteiger partial charge in [-0.25, -0.2) is 19.2 Å². The van der Waals surface area contributed by atoms with Crippen molar-refractivity contribution >= 4 is 33.6 Å². The van der Waals surface area contributed by atoms with Gasteiger partial charge in [0.05, 0.1) is 11.9 Å². The van der Waals surface area contributed by atoms with Crippen molar-refractivity contribution in [3.63, 3.8) is 0 Å². The van der Waals surface area contributed by atoms with Crippen LogP contribution in [0.3, 0.4) is 0 Å². The summed E-state index contributed by atoms with van der Waals surface area (Å²) in [6, 6.07) is 2.88. The Labute approximate surface area is 167 Å². The normalized spacial score (nSPS) is 20.1. The van der Waals surface area contributed by atoms with Gasteiger partial charge in [-0.05, 0) is 40.5 Å². The summed E-state index contributed by atoms with van der Waals surface area (Å²) in [5.41, 5.74) is 9.20. The maximum absolute atomic E-state index is 14.5. The Hall–Kier alpha value is -2.66. The van der Waals surface area contributed by atoms with Crippen molar-refractivity contribution in [2.45, 2.75) is 18.0 Å². The molecular formula is C17H17BrF2N6O2. The molecule has 2 heterocycles. The van der Waals surface area contributed by atoms with Crippen molar-refractivity contribution in [3.8, 4) is 0 Å². The summed E-state index contributed by atoms with van der Waals surface area (Å²) < 4.78 is 29.3. The summed E-state index contributed by atoms with van der Waals surface area (Å²) >= 11 is 3.22. The van der Waals surface area contributed by atoms with Gasteiger partial charge >= 0.3 is 6.03 Å². The Kier molecular flexibility index (Phi) is 5.57. The van der Waals surface area contributed by atoms with E-state index in [9.17, 15) is 18.4 Å². The fraction of sp³-hybridized carbons (Fsp3) is 0.294. The van der Waals surface area contributed by atoms with Gasteiger partial charge < -0.3 is 22.1 Å². The average molecular weight is 455 g/mol. The smallest absolute Gasteiger partial charge is 0.312 e. The number of hydrogen-bond donors (Lipinski definition) is 4. The number of anilines is 1. The number of carbonyl (C=O) groups excluding carboxylic acids is 2. The number of nitrogens with one attached hydrogen (secondary N) is 2. The Morgan fingerprint density at radius 2 is 2.04 bits per heavy atom. The van der Waals surface area contributed by atoms with E-state index in [1.807, 2.05) is 0 Å². The Morgan fingerprint density at radius 3 is 2.57 bits per heavy atom. The SMILES string of the molecule is NC(=O)N[C@](CF)(c1cc(NC(=O)c2ccc(Br)cn2)cnc1F)[C@H]1C[C@H]1N. The molecule has 1 aliphatic rings. The summed E-state index contributed by atoms with van der Waals surface area (Å²) in [7, 11) is 0. The zero-order valence-electron chi connectivity index (χ0n) is 14.5. The lowest BCUT2D eigenvalue weighted by molar-refractivity contribution is 0.102. The third kappa shape index (κ3) is 3.94. The summed E-state index contributed by atoms with van der Waals surface area (Å²) in [6.45, 7) is -1.14. The number of rotatable bonds is 6. The minimum absolute atomic E-state index is 0.101. The standard InChI is InChI=1S/C17H17BrF2N6O2/c18-8-1-2-13(23-5-8)15(27)25-9-3-11(14(20)24-6-9)17(7-19,26-16(22)28)10-4-12(10)21/h1-3,5-6,10,12H,4,7,21H2,(H,25,27)(H3,22,26,28)/t10-,12+,17-/m0/s1. The lowest BCUT2D eigenvalue weighted by atomic mass is 9.86. The van der Waals surface area contributed by atoms with Gasteiger partial charge in [-0.15, -0.1) is 0 Å². The molecule has 3 atom stereocenters. The molecule has 28 heavy (non-hydrogen) atoms. The number of alkyl halides is 1. The number of halogens is 3. The second kappa shape index (κ2) is 7.76. The predicted octanol–water partition coefficient (Wildman–Crippen LogP) is 1.81. The van der Waals surface area contributed by atoms with Gasteiger partial charge in [0.2, 0.25) is 5.95 Å². The van der Waals surface area contributed by atoms with Crippen molar-refractivity contribution in [1.82, 2.24) is 15.3 Å². The van der Waals surface area contributed by atoms with Gasteiger partial charge in [0.1, 0.15) is 17.9 Å². The largest absolute Gasteiger partial charge is 0.352 e. The first-order valence-electron chi connectivity index (χ1n) is 8.25. The molecule has 0 bridgehead atoms. The monoisotopic (exact) mass is 454 g/mol. The first-order chi connectivity index (χ1) is 13.3. The number of pyridine rings is 2. The lowest BCUT2D eigenvalue weighted by Gasteiger charge is -2.32. The number of nitrogens with zero attached hydrogens (tertiary/aromatic N) is 2. The molecule has 3 amide bonds. The van der Waals surface area contributed by atoms with Crippen LogP contribution in [-0.2, 0) is 5.54 Å². The maximum Gasteiger partial charge on any atom is 0.312 e. The van der Waals surface area contributed by atoms with Crippen molar-refractivity contribution in [3.05, 3.63) is 52.3 Å². The zero-order chi connectivity index (χ0) is 20.5. The van der Waals surface area contributed by atoms with Crippen LogP contribution in [0.4, 0.5) is 19.3 Å². The first-order valence-corrected chi connectivity index (χ1v) is 9.04. The third-order valence-electron chi connectivity index (χ3n) is 4.57. The number of amides is 3. The molecule has 148 valence electrons. The number of nitrogens with two attached hydrogens (primary N) is 2. The van der Waals surface area contributed by atoms with Gasteiger partial charge in [0, 0.05) is 28.2 Å². The molecule has 1 fully saturated rings. The summed E-state index contributed by atoms with van der Waals surface area (Å²) in [5.74, 6) is -2.12. The van der Waals surface area contributed by atoms with Crippen LogP contribution in [0.5, 0.6) is 0 Å². The molecule has 3 rings (SSSR count). The molecule has 2 aromatic rings. The van der Waals surface area contributed by atoms with Crippen LogP contribution in [0, 0.1) is 11.9 Å². The molecule has 0 radical (unpaired) electrons. The molecular weight excluding hydrogens is 438 g/mol. The van der Waals surface area contributed by atoms with Gasteiger partial charge in [-0.1, -0.05) is 0 Å². The predicted molar refractivity (Wildman–Crippen MR) is 101 cm³/mol. The lowest BCUT2D eigenvalue weighted by Crippen LogP contribution is -2.53. The highest BCUT2D eigenvalue weighted by Crippen LogP contribution is 2.46. The topological polar surface area (TPSA) is 136 Å². The van der Waals surface area contributed by atoms with Gasteiger partial charge in [-0.3, -0.25) is 4.79 Å². The molecule has 2 aromatic heterocycles. The number of primary amides is 1. The number of hydrogen-bond acceptors (Lipinski definition) is 5. The van der Waals surface area contributed by atoms with Gasteiger partial charge in [0.15, 0.2) is 0 Å². The highest BCUT2D eigenvalue weighted by Gasteiger charge is 2.54. The Balaban J connectivity index is 1.94. The van der Waals surface area contributed by atoms with Crippen LogP contribution < -0.4 is 22.1 Å². The van der Waals surface area contributed by atoms with Crippen molar-refractivity contribution in [1.29, 1.82) is 0 Å². The van der Waals surface area contributed by atoms with E-state index >= 15 is 0 Å². The van der Waals surface area contributed by atoms with Crippen LogP contribution in [0.15, 0.2) is 35.1 Å². The third-order valence-corrected chi connectivity index (χ3v) is 5.04. The van der Waals surface area contributed by atoms with Crippen molar-refractivity contribution in [2.75, 3.05) is 12.0 Å². The van der Waals surface area contributed by atoms with E-state index in [2.05, 4.69) is 36.5 Å². The van der Waals surface area contributed by atoms with Crippen molar-refractivity contribution in [2.24, 2.45) is 17.4 Å². The molecule has 0 unspecified atom stereocenters. The summed E-state index contributed by atoms with van der Waals surface area (Å²) in [6.07, 6.45) is 2.90. The van der Waals surface area contributed by atoms with E-state index in [4.69, 9.17) is 11.5 Å². The first kappa shape index (κ1) is 20.1. The summed E-state index contributed by atoms with van der Waals surface area (Å²) in [4.78, 5) is 31.3. The second-order valence-corrected chi connectivity index (χ2v) is 7.39. The highest BCUT2D eigenvalue weighted by atomic mass is 79.9. The molecule has 1 saturated carbocycles. The van der Waals surface area contributed by atoms with E-state index < -0.39 is 42.1 Å². The maximum atomic E-state index is 14.5. The fourth-order valence-electron chi connectivity index (χ4n) is 3.10. The molecule has 8 nitrogen and oxygen atoms in total. The van der Waals surface area contributed by atoms with E-state index in [0.29, 0.717) is 10.9 Å². The Morgan fingerprint density at radius 1 is 1.32 bits per heavy atom. The van der Waals surface area contributed by atoms with Crippen LogP contribution in [0.2, 0.25) is 0 Å². The molecule has 11 heteroatoms. The van der Waals surface area contributed by atoms with Crippen LogP contribution in [0.25, 0.3) is 0 Å². The van der Waals surface area contributed by atoms with Crippen molar-refractivity contribution < 1.29 is 18.4 Å². The fourth-order valence-corrected chi connectivity index (χ4v) is 3.33. The molecule has 1 aliphatic carbocycles. The molecule has 6 N–H and O–H groups in total. The molecule has 0 aromatic carbocycles. The van der Waals surface area contributed by atoms with Crippen LogP contribution >= 0.6 is 15.9 Å². The average Bonchev–Trinajstić information content (AvgIpc) is 3.39. The van der Waals surface area contributed by atoms with Gasteiger partial charge in [0.25, 0.3) is 5.91 Å². The Bertz CT molecular complexity index is 913. The number of aromatic nitrogens is 2. The molecule has 0 aliphatic heterocycles. The number of urea groups is 1. The minimum atomic E-state index is -1.76. The van der Waals surface area contributed by atoms with E-state index in [1.54, 1.807) is 6.07 Å². The van der Waals surface area contributed by atoms with E-state index in [-0.39, 0.29) is 16.9 Å². The van der Waals surface area contributed by atoms with E-state index in [0.717, 1.165) is 6.20 Å². The molecule has 0 saturated heterocycles. The second-order valence-electron chi connectivity index (χ2n) is 6.48. The molecule has 0 spiro atoms. The van der Waals surface area contributed by atoms with Crippen LogP contribution in [-0.4, -0.2) is 34.6 Å². The quantitative estimate of drug-likeness (QED) is 0.493. The number of carbonyl (C=O) groups is 2. The van der Waals surface area contributed by atoms with Crippen LogP contribution in [0.1, 0.15) is 22.5 Å². The summed E-state index contributed by atoms with van der Waals surface area (Å²) in [5, 5.41) is 4.81. The zero-order valence-corrected chi connectivity index (χ0v) is 16.0. The van der Waals surface area contributed by atoms with Gasteiger partial charge in [-0.2, -0.15) is 4.39 Å². The highest BCUT2D eigenvalue weighted by molar-refractivity contribution is 9.10. The van der Waals surface area contributed by atoms with E-state index in [1.165, 1.54) is 18.3 Å².